The molecular weight excluding hydrogens is 311 g/mol. The van der Waals surface area contributed by atoms with Crippen LogP contribution in [0.1, 0.15) is 12.0 Å². The summed E-state index contributed by atoms with van der Waals surface area (Å²) in [5, 5.41) is 15.7. The summed E-state index contributed by atoms with van der Waals surface area (Å²) in [7, 11) is 0. The van der Waals surface area contributed by atoms with Crippen molar-refractivity contribution in [2.75, 3.05) is 26.2 Å². The van der Waals surface area contributed by atoms with Crippen LogP contribution in [-0.4, -0.2) is 43.7 Å². The molecule has 8 heteroatoms. The van der Waals surface area contributed by atoms with Gasteiger partial charge >= 0.3 is 6.36 Å². The minimum Gasteiger partial charge on any atom is -0.406 e. The molecule has 2 rings (SSSR count). The molecule has 1 aliphatic rings. The second kappa shape index (κ2) is 8.05. The predicted octanol–water partition coefficient (Wildman–Crippen LogP) is 1.68. The van der Waals surface area contributed by atoms with Crippen LogP contribution >= 0.6 is 0 Å². The van der Waals surface area contributed by atoms with Gasteiger partial charge in [-0.3, -0.25) is 4.99 Å². The molecule has 0 fully saturated rings. The van der Waals surface area contributed by atoms with Gasteiger partial charge in [0.1, 0.15) is 5.75 Å². The average molecular weight is 331 g/mol. The van der Waals surface area contributed by atoms with E-state index in [0.29, 0.717) is 13.0 Å². The standard InChI is InChI=1S/C15H20F3N3O2/c16-15(17,18)23-13-4-2-11(3-5-13)8-12(10-22)9-21-14-19-6-1-7-20-14/h2-5,12,22H,1,6-10H2,(H2,19,20,21). The highest BCUT2D eigenvalue weighted by atomic mass is 19.4. The fourth-order valence-corrected chi connectivity index (χ4v) is 2.25. The second-order valence-corrected chi connectivity index (χ2v) is 5.34. The Labute approximate surface area is 132 Å². The van der Waals surface area contributed by atoms with Crippen molar-refractivity contribution < 1.29 is 23.0 Å². The number of alkyl halides is 3. The quantitative estimate of drug-likeness (QED) is 0.742. The Morgan fingerprint density at radius 2 is 2.04 bits per heavy atom. The third-order valence-corrected chi connectivity index (χ3v) is 3.39. The van der Waals surface area contributed by atoms with Gasteiger partial charge in [-0.2, -0.15) is 0 Å². The van der Waals surface area contributed by atoms with Gasteiger partial charge in [0.25, 0.3) is 0 Å². The van der Waals surface area contributed by atoms with Crippen LogP contribution in [0, 0.1) is 5.92 Å². The Bertz CT molecular complexity index is 518. The molecular formula is C15H20F3N3O2. The van der Waals surface area contributed by atoms with Crippen LogP contribution < -0.4 is 15.4 Å². The summed E-state index contributed by atoms with van der Waals surface area (Å²) in [5.74, 6) is 0.417. The van der Waals surface area contributed by atoms with E-state index in [-0.39, 0.29) is 18.3 Å². The minimum atomic E-state index is -4.69. The number of nitrogens with one attached hydrogen (secondary N) is 2. The lowest BCUT2D eigenvalue weighted by atomic mass is 10.00. The van der Waals surface area contributed by atoms with Crippen LogP contribution in [0.3, 0.4) is 0 Å². The van der Waals surface area contributed by atoms with Crippen molar-refractivity contribution in [1.82, 2.24) is 10.6 Å². The van der Waals surface area contributed by atoms with Gasteiger partial charge in [-0.1, -0.05) is 12.1 Å². The molecule has 3 N–H and O–H groups in total. The van der Waals surface area contributed by atoms with Crippen molar-refractivity contribution in [3.63, 3.8) is 0 Å². The Kier molecular flexibility index (Phi) is 6.09. The van der Waals surface area contributed by atoms with Crippen molar-refractivity contribution in [1.29, 1.82) is 0 Å². The van der Waals surface area contributed by atoms with E-state index in [1.807, 2.05) is 0 Å². The van der Waals surface area contributed by atoms with E-state index in [0.717, 1.165) is 31.0 Å². The van der Waals surface area contributed by atoms with Gasteiger partial charge in [-0.25, -0.2) is 0 Å². The van der Waals surface area contributed by atoms with E-state index in [4.69, 9.17) is 0 Å². The summed E-state index contributed by atoms with van der Waals surface area (Å²) >= 11 is 0. The lowest BCUT2D eigenvalue weighted by Gasteiger charge is -2.20. The molecule has 23 heavy (non-hydrogen) atoms. The second-order valence-electron chi connectivity index (χ2n) is 5.34. The predicted molar refractivity (Wildman–Crippen MR) is 80.3 cm³/mol. The van der Waals surface area contributed by atoms with Crippen LogP contribution in [-0.2, 0) is 6.42 Å². The number of ether oxygens (including phenoxy) is 1. The van der Waals surface area contributed by atoms with Gasteiger partial charge in [0.2, 0.25) is 0 Å². The number of benzene rings is 1. The number of aliphatic hydroxyl groups excluding tert-OH is 1. The molecule has 128 valence electrons. The number of hydrogen-bond acceptors (Lipinski definition) is 5. The van der Waals surface area contributed by atoms with Crippen LogP contribution in [0.2, 0.25) is 0 Å². The molecule has 1 atom stereocenters. The molecule has 1 aromatic rings. The average Bonchev–Trinajstić information content (AvgIpc) is 2.52. The topological polar surface area (TPSA) is 65.9 Å². The number of hydrogen-bond donors (Lipinski definition) is 3. The van der Waals surface area contributed by atoms with Crippen molar-refractivity contribution in [3.05, 3.63) is 29.8 Å². The molecule has 0 saturated heterocycles. The molecule has 1 aromatic carbocycles. The highest BCUT2D eigenvalue weighted by molar-refractivity contribution is 5.80. The van der Waals surface area contributed by atoms with Gasteiger partial charge in [0, 0.05) is 32.2 Å². The summed E-state index contributed by atoms with van der Waals surface area (Å²) < 4.78 is 40.1. The van der Waals surface area contributed by atoms with Gasteiger partial charge in [-0.05, 0) is 30.5 Å². The van der Waals surface area contributed by atoms with E-state index in [2.05, 4.69) is 20.4 Å². The Hall–Kier alpha value is -1.96. The number of nitrogens with zero attached hydrogens (tertiary/aromatic N) is 1. The van der Waals surface area contributed by atoms with Gasteiger partial charge in [-0.15, -0.1) is 13.2 Å². The molecule has 0 bridgehead atoms. The molecule has 0 saturated carbocycles. The van der Waals surface area contributed by atoms with Crippen molar-refractivity contribution >= 4 is 5.96 Å². The molecule has 0 aromatic heterocycles. The largest absolute Gasteiger partial charge is 0.573 e. The van der Waals surface area contributed by atoms with Gasteiger partial charge < -0.3 is 20.5 Å². The number of rotatable bonds is 6. The van der Waals surface area contributed by atoms with Crippen LogP contribution in [0.15, 0.2) is 29.3 Å². The van der Waals surface area contributed by atoms with Crippen molar-refractivity contribution in [3.8, 4) is 5.75 Å². The smallest absolute Gasteiger partial charge is 0.406 e. The third-order valence-electron chi connectivity index (χ3n) is 3.39. The normalized spacial score (nSPS) is 16.3. The molecule has 5 nitrogen and oxygen atoms in total. The molecule has 0 aliphatic carbocycles. The summed E-state index contributed by atoms with van der Waals surface area (Å²) in [6.07, 6.45) is -3.14. The lowest BCUT2D eigenvalue weighted by Crippen LogP contribution is -2.43. The molecule has 0 radical (unpaired) electrons. The maximum atomic E-state index is 12.1. The van der Waals surface area contributed by atoms with Crippen LogP contribution in [0.5, 0.6) is 5.75 Å². The Balaban J connectivity index is 1.84. The summed E-state index contributed by atoms with van der Waals surface area (Å²) in [5.41, 5.74) is 0.832. The number of halogens is 3. The van der Waals surface area contributed by atoms with Gasteiger partial charge in [0.15, 0.2) is 5.96 Å². The van der Waals surface area contributed by atoms with Crippen LogP contribution in [0.25, 0.3) is 0 Å². The van der Waals surface area contributed by atoms with E-state index in [1.165, 1.54) is 12.1 Å². The lowest BCUT2D eigenvalue weighted by molar-refractivity contribution is -0.274. The fourth-order valence-electron chi connectivity index (χ4n) is 2.25. The summed E-state index contributed by atoms with van der Waals surface area (Å²) in [6.45, 7) is 2.15. The van der Waals surface area contributed by atoms with Gasteiger partial charge in [0.05, 0.1) is 0 Å². The highest BCUT2D eigenvalue weighted by Gasteiger charge is 2.30. The third kappa shape index (κ3) is 6.35. The maximum absolute atomic E-state index is 12.1. The Morgan fingerprint density at radius 1 is 1.30 bits per heavy atom. The minimum absolute atomic E-state index is 0.0267. The zero-order chi connectivity index (χ0) is 16.7. The summed E-state index contributed by atoms with van der Waals surface area (Å²) in [4.78, 5) is 4.28. The van der Waals surface area contributed by atoms with E-state index in [9.17, 15) is 18.3 Å². The first-order valence-electron chi connectivity index (χ1n) is 7.44. The van der Waals surface area contributed by atoms with E-state index >= 15 is 0 Å². The van der Waals surface area contributed by atoms with E-state index in [1.54, 1.807) is 12.1 Å². The first-order chi connectivity index (χ1) is 11.0. The maximum Gasteiger partial charge on any atom is 0.573 e. The fraction of sp³-hybridized carbons (Fsp3) is 0.533. The first-order valence-corrected chi connectivity index (χ1v) is 7.44. The first kappa shape index (κ1) is 17.4. The highest BCUT2D eigenvalue weighted by Crippen LogP contribution is 2.23. The zero-order valence-corrected chi connectivity index (χ0v) is 12.6. The van der Waals surface area contributed by atoms with E-state index < -0.39 is 6.36 Å². The molecule has 0 amide bonds. The number of aliphatic imine (C=N–C) groups is 1. The van der Waals surface area contributed by atoms with Crippen molar-refractivity contribution in [2.45, 2.75) is 19.2 Å². The SMILES string of the molecule is OCC(CNC1=NCCCN1)Cc1ccc(OC(F)(F)F)cc1. The monoisotopic (exact) mass is 331 g/mol. The number of aliphatic hydroxyl groups is 1. The molecule has 1 unspecified atom stereocenters. The number of guanidine groups is 1. The summed E-state index contributed by atoms with van der Waals surface area (Å²) in [6, 6.07) is 5.69. The van der Waals surface area contributed by atoms with Crippen molar-refractivity contribution in [2.24, 2.45) is 10.9 Å². The van der Waals surface area contributed by atoms with Crippen LogP contribution in [0.4, 0.5) is 13.2 Å². The molecule has 1 heterocycles. The Morgan fingerprint density at radius 3 is 2.61 bits per heavy atom. The zero-order valence-electron chi connectivity index (χ0n) is 12.6. The molecule has 0 spiro atoms. The molecule has 1 aliphatic heterocycles.